The van der Waals surface area contributed by atoms with Crippen molar-refractivity contribution in [1.29, 1.82) is 5.26 Å². The molecule has 11 heteroatoms. The van der Waals surface area contributed by atoms with Crippen LogP contribution in [0.3, 0.4) is 0 Å². The number of carbonyl (C=O) groups is 1. The van der Waals surface area contributed by atoms with Crippen molar-refractivity contribution >= 4 is 17.5 Å². The Morgan fingerprint density at radius 2 is 2.26 bits per heavy atom. The fourth-order valence-electron chi connectivity index (χ4n) is 2.69. The molecule has 1 fully saturated rings. The number of carbonyl (C=O) groups excluding carboxylic acids is 1. The first-order chi connectivity index (χ1) is 12.8. The molecule has 4 N–H and O–H groups in total. The van der Waals surface area contributed by atoms with Gasteiger partial charge >= 0.3 is 6.16 Å². The second-order valence-corrected chi connectivity index (χ2v) is 6.05. The maximum atomic E-state index is 11.5. The molecule has 3 rings (SSSR count). The summed E-state index contributed by atoms with van der Waals surface area (Å²) in [6.07, 6.45) is -2.78. The molecule has 0 spiro atoms. The van der Waals surface area contributed by atoms with Gasteiger partial charge in [0, 0.05) is 0 Å². The van der Waals surface area contributed by atoms with Crippen molar-refractivity contribution in [3.05, 3.63) is 36.2 Å². The fourth-order valence-corrected chi connectivity index (χ4v) is 2.69. The van der Waals surface area contributed by atoms with Crippen molar-refractivity contribution in [1.82, 2.24) is 14.6 Å². The van der Waals surface area contributed by atoms with Gasteiger partial charge in [0.05, 0.1) is 6.10 Å². The van der Waals surface area contributed by atoms with Crippen molar-refractivity contribution in [3.63, 3.8) is 0 Å². The lowest BCUT2D eigenvalue weighted by Crippen LogP contribution is -2.40. The number of hydrogen-bond acceptors (Lipinski definition) is 10. The van der Waals surface area contributed by atoms with E-state index < -0.39 is 30.1 Å². The Labute approximate surface area is 153 Å². The zero-order valence-corrected chi connectivity index (χ0v) is 14.4. The zero-order valence-electron chi connectivity index (χ0n) is 14.4. The third-order valence-corrected chi connectivity index (χ3v) is 3.92. The summed E-state index contributed by atoms with van der Waals surface area (Å²) in [5.74, 6) is -0.158. The van der Waals surface area contributed by atoms with E-state index in [0.29, 0.717) is 5.52 Å². The molecule has 1 aliphatic rings. The zero-order chi connectivity index (χ0) is 19.8. The van der Waals surface area contributed by atoms with E-state index in [-0.39, 0.29) is 17.3 Å². The number of nitrogens with two attached hydrogens (primary N) is 1. The van der Waals surface area contributed by atoms with Crippen LogP contribution in [-0.2, 0) is 19.8 Å². The van der Waals surface area contributed by atoms with Crippen LogP contribution >= 0.6 is 0 Å². The highest BCUT2D eigenvalue weighted by Crippen LogP contribution is 2.42. The first kappa shape index (κ1) is 18.4. The van der Waals surface area contributed by atoms with Gasteiger partial charge in [-0.2, -0.15) is 10.4 Å². The Kier molecular flexibility index (Phi) is 4.61. The number of nitrogen functional groups attached to an aromatic ring is 1. The molecule has 0 amide bonds. The van der Waals surface area contributed by atoms with Crippen LogP contribution in [0.1, 0.15) is 19.5 Å². The average molecular weight is 375 g/mol. The number of anilines is 1. The largest absolute Gasteiger partial charge is 0.513 e. The number of aromatic nitrogens is 3. The van der Waals surface area contributed by atoms with E-state index in [2.05, 4.69) is 10.1 Å². The number of nitriles is 1. The summed E-state index contributed by atoms with van der Waals surface area (Å²) < 4.78 is 16.3. The second-order valence-electron chi connectivity index (χ2n) is 6.05. The molecule has 2 aromatic rings. The predicted molar refractivity (Wildman–Crippen MR) is 88.6 cm³/mol. The minimum atomic E-state index is -2.01. The van der Waals surface area contributed by atoms with E-state index in [4.69, 9.17) is 19.9 Å². The molecule has 0 aliphatic carbocycles. The Bertz CT molecular complexity index is 948. The maximum Gasteiger partial charge on any atom is 0.513 e. The van der Waals surface area contributed by atoms with Gasteiger partial charge in [-0.1, -0.05) is 0 Å². The van der Waals surface area contributed by atoms with Crippen LogP contribution < -0.4 is 5.73 Å². The highest BCUT2D eigenvalue weighted by molar-refractivity contribution is 5.66. The SMILES string of the molecule is CC(C)OC(=O)OC=C1O[C@@](C#N)(c2ccc3c(N)ncnn23)[C@H](O)[C@@H]1O. The van der Waals surface area contributed by atoms with Crippen LogP contribution in [0, 0.1) is 11.3 Å². The molecule has 1 aliphatic heterocycles. The quantitative estimate of drug-likeness (QED) is 0.498. The Hall–Kier alpha value is -3.36. The molecule has 0 unspecified atom stereocenters. The molecule has 2 aromatic heterocycles. The van der Waals surface area contributed by atoms with Crippen molar-refractivity contribution < 1.29 is 29.2 Å². The molecule has 11 nitrogen and oxygen atoms in total. The third-order valence-electron chi connectivity index (χ3n) is 3.92. The molecule has 1 saturated heterocycles. The summed E-state index contributed by atoms with van der Waals surface area (Å²) in [6, 6.07) is 4.87. The van der Waals surface area contributed by atoms with Gasteiger partial charge in [0.25, 0.3) is 5.60 Å². The van der Waals surface area contributed by atoms with Crippen molar-refractivity contribution in [3.8, 4) is 6.07 Å². The Morgan fingerprint density at radius 1 is 1.52 bits per heavy atom. The summed E-state index contributed by atoms with van der Waals surface area (Å²) >= 11 is 0. The number of hydrogen-bond donors (Lipinski definition) is 3. The van der Waals surface area contributed by atoms with E-state index in [1.54, 1.807) is 19.9 Å². The third kappa shape index (κ3) is 3.01. The number of aliphatic hydroxyl groups excluding tert-OH is 2. The molecule has 3 heterocycles. The Balaban J connectivity index is 1.97. The molecule has 0 aromatic carbocycles. The van der Waals surface area contributed by atoms with E-state index in [0.717, 1.165) is 6.26 Å². The van der Waals surface area contributed by atoms with Gasteiger partial charge in [0.1, 0.15) is 42.1 Å². The normalized spacial score (nSPS) is 26.1. The minimum absolute atomic E-state index is 0.119. The highest BCUT2D eigenvalue weighted by Gasteiger charge is 2.56. The average Bonchev–Trinajstić information content (AvgIpc) is 3.15. The van der Waals surface area contributed by atoms with E-state index in [1.807, 2.05) is 6.07 Å². The summed E-state index contributed by atoms with van der Waals surface area (Å²) in [7, 11) is 0. The smallest absolute Gasteiger partial charge is 0.462 e. The van der Waals surface area contributed by atoms with Crippen LogP contribution in [-0.4, -0.2) is 49.3 Å². The number of rotatable bonds is 3. The summed E-state index contributed by atoms with van der Waals surface area (Å²) in [5.41, 5.74) is 4.27. The van der Waals surface area contributed by atoms with Crippen molar-refractivity contribution in [2.45, 2.75) is 37.8 Å². The van der Waals surface area contributed by atoms with Crippen LogP contribution in [0.25, 0.3) is 5.52 Å². The summed E-state index contributed by atoms with van der Waals surface area (Å²) in [4.78, 5) is 15.3. The first-order valence-electron chi connectivity index (χ1n) is 7.92. The van der Waals surface area contributed by atoms with Crippen LogP contribution in [0.5, 0.6) is 0 Å². The van der Waals surface area contributed by atoms with E-state index >= 15 is 0 Å². The van der Waals surface area contributed by atoms with Gasteiger partial charge in [-0.15, -0.1) is 0 Å². The molecular formula is C16H17N5O6. The summed E-state index contributed by atoms with van der Waals surface area (Å²) in [5, 5.41) is 34.5. The van der Waals surface area contributed by atoms with Gasteiger partial charge < -0.3 is 30.2 Å². The number of nitrogens with zero attached hydrogens (tertiary/aromatic N) is 4. The summed E-state index contributed by atoms with van der Waals surface area (Å²) in [6.45, 7) is 3.26. The number of ether oxygens (including phenoxy) is 3. The lowest BCUT2D eigenvalue weighted by Gasteiger charge is -2.23. The van der Waals surface area contributed by atoms with Crippen LogP contribution in [0.2, 0.25) is 0 Å². The van der Waals surface area contributed by atoms with Gasteiger partial charge in [-0.3, -0.25) is 0 Å². The molecule has 27 heavy (non-hydrogen) atoms. The predicted octanol–water partition coefficient (Wildman–Crippen LogP) is 0.185. The molecule has 0 bridgehead atoms. The van der Waals surface area contributed by atoms with Gasteiger partial charge in [0.15, 0.2) is 11.6 Å². The fraction of sp³-hybridized carbons (Fsp3) is 0.375. The molecule has 0 saturated carbocycles. The molecular weight excluding hydrogens is 358 g/mol. The van der Waals surface area contributed by atoms with Gasteiger partial charge in [-0.25, -0.2) is 14.3 Å². The minimum Gasteiger partial charge on any atom is -0.462 e. The van der Waals surface area contributed by atoms with E-state index in [9.17, 15) is 20.3 Å². The number of fused-ring (bicyclic) bond motifs is 1. The van der Waals surface area contributed by atoms with Crippen molar-refractivity contribution in [2.24, 2.45) is 0 Å². The molecule has 3 atom stereocenters. The lowest BCUT2D eigenvalue weighted by atomic mass is 9.93. The Morgan fingerprint density at radius 3 is 2.93 bits per heavy atom. The lowest BCUT2D eigenvalue weighted by molar-refractivity contribution is -0.0255. The standard InChI is InChI=1S/C16H17N5O6/c1-8(2)26-15(24)25-5-10-12(22)13(23)16(6-17,27-10)11-4-3-9-14(18)19-7-20-21(9)11/h3-5,7-8,12-13,22-23H,1-2H3,(H2,18,19,20)/t12-,13-,16+/m1/s1. The molecule has 0 radical (unpaired) electrons. The van der Waals surface area contributed by atoms with E-state index in [1.165, 1.54) is 16.9 Å². The second kappa shape index (κ2) is 6.75. The van der Waals surface area contributed by atoms with Gasteiger partial charge in [-0.05, 0) is 26.0 Å². The first-order valence-corrected chi connectivity index (χ1v) is 7.92. The monoisotopic (exact) mass is 375 g/mol. The number of aliphatic hydroxyl groups is 2. The topological polar surface area (TPSA) is 165 Å². The van der Waals surface area contributed by atoms with Crippen LogP contribution in [0.4, 0.5) is 10.6 Å². The van der Waals surface area contributed by atoms with Crippen molar-refractivity contribution in [2.75, 3.05) is 5.73 Å². The van der Waals surface area contributed by atoms with Gasteiger partial charge in [0.2, 0.25) is 0 Å². The molecule has 142 valence electrons. The highest BCUT2D eigenvalue weighted by atomic mass is 16.7. The maximum absolute atomic E-state index is 11.5. The van der Waals surface area contributed by atoms with Crippen LogP contribution in [0.15, 0.2) is 30.5 Å².